The van der Waals surface area contributed by atoms with E-state index in [2.05, 4.69) is 29.3 Å². The molecule has 0 saturated heterocycles. The first kappa shape index (κ1) is 33.9. The van der Waals surface area contributed by atoms with Crippen molar-refractivity contribution >= 4 is 23.0 Å². The third kappa shape index (κ3) is 15.7. The molecule has 0 spiro atoms. The molecule has 0 bridgehead atoms. The molecule has 0 heterocycles. The smallest absolute Gasteiger partial charge is 0.511 e. The molecular formula is C21H28FK2N4O-. The number of hydrogen-bond acceptors (Lipinski definition) is 4. The van der Waals surface area contributed by atoms with Crippen LogP contribution >= 0.6 is 0 Å². The van der Waals surface area contributed by atoms with Gasteiger partial charge in [0.2, 0.25) is 0 Å². The summed E-state index contributed by atoms with van der Waals surface area (Å²) in [5, 5.41) is 19.3. The maximum atomic E-state index is 12.9. The number of halogens is 1. The van der Waals surface area contributed by atoms with Gasteiger partial charge in [0.15, 0.2) is 0 Å². The quantitative estimate of drug-likeness (QED) is 0.170. The minimum atomic E-state index is -0.366. The Kier molecular flexibility index (Phi) is 22.2. The van der Waals surface area contributed by atoms with Crippen LogP contribution in [-0.2, 0) is 0 Å². The Morgan fingerprint density at radius 1 is 1.31 bits per heavy atom. The fourth-order valence-corrected chi connectivity index (χ4v) is 1.77. The van der Waals surface area contributed by atoms with E-state index in [0.29, 0.717) is 23.5 Å². The van der Waals surface area contributed by atoms with Crippen LogP contribution in [0.2, 0.25) is 0 Å². The molecule has 1 unspecified atom stereocenters. The van der Waals surface area contributed by atoms with Gasteiger partial charge in [-0.15, -0.1) is 17.8 Å². The molecule has 1 atom stereocenters. The van der Waals surface area contributed by atoms with Gasteiger partial charge in [0, 0.05) is 5.71 Å². The zero-order valence-corrected chi connectivity index (χ0v) is 24.6. The van der Waals surface area contributed by atoms with Crippen molar-refractivity contribution in [2.75, 3.05) is 0 Å². The van der Waals surface area contributed by atoms with Crippen LogP contribution in [0.5, 0.6) is 0 Å². The van der Waals surface area contributed by atoms with Gasteiger partial charge in [0.05, 0.1) is 6.04 Å². The van der Waals surface area contributed by atoms with Crippen molar-refractivity contribution < 1.29 is 112 Å². The van der Waals surface area contributed by atoms with Gasteiger partial charge in [-0.05, 0) is 51.2 Å². The summed E-state index contributed by atoms with van der Waals surface area (Å²) in [5.74, 6) is 0.143. The van der Waals surface area contributed by atoms with E-state index in [1.54, 1.807) is 26.8 Å². The number of benzene rings is 1. The fraction of sp³-hybridized carbons (Fsp3) is 0.286. The van der Waals surface area contributed by atoms with Crippen LogP contribution in [0.25, 0.3) is 5.70 Å². The van der Waals surface area contributed by atoms with E-state index >= 15 is 0 Å². The monoisotopic (exact) mass is 449 g/mol. The first-order chi connectivity index (χ1) is 12.6. The van der Waals surface area contributed by atoms with E-state index in [-0.39, 0.29) is 132 Å². The van der Waals surface area contributed by atoms with Gasteiger partial charge in [0.1, 0.15) is 11.6 Å². The molecular weight excluding hydrogens is 421 g/mol. The second-order valence-corrected chi connectivity index (χ2v) is 5.86. The standard InChI is InChI=1S/C18H21FN3O.C3H7N.2K/c1-6-7-17(23)13(3)22-18(20-5)14(4)21-12(2)15-8-10-16(19)11-9-15;1-3(2)4;;/h2,7-11,13,23H,4-6H2,1,3H3,(H,20,22);4H,1-2H3;;/q-3;;2*+1/b17-7+,21-14?;;;. The molecule has 0 saturated carbocycles. The van der Waals surface area contributed by atoms with Crippen LogP contribution in [0.1, 0.15) is 39.7 Å². The topological polar surface area (TPSA) is 80.8 Å². The Morgan fingerprint density at radius 2 is 1.79 bits per heavy atom. The van der Waals surface area contributed by atoms with E-state index in [0.717, 1.165) is 0 Å². The Labute approximate surface area is 259 Å². The molecule has 0 aliphatic carbocycles. The van der Waals surface area contributed by atoms with E-state index in [9.17, 15) is 9.50 Å². The van der Waals surface area contributed by atoms with Gasteiger partial charge in [-0.3, -0.25) is 6.58 Å². The second-order valence-electron chi connectivity index (χ2n) is 5.86. The summed E-state index contributed by atoms with van der Waals surface area (Å²) < 4.78 is 12.9. The van der Waals surface area contributed by atoms with Crippen molar-refractivity contribution in [3.8, 4) is 0 Å². The van der Waals surface area contributed by atoms with Crippen LogP contribution in [0.3, 0.4) is 0 Å². The number of allylic oxidation sites excluding steroid dienone is 1. The molecule has 0 aliphatic heterocycles. The van der Waals surface area contributed by atoms with E-state index in [1.165, 1.54) is 24.3 Å². The summed E-state index contributed by atoms with van der Waals surface area (Å²) in [6.07, 6.45) is 2.41. The summed E-state index contributed by atoms with van der Waals surface area (Å²) in [7, 11) is 3.46. The van der Waals surface area contributed by atoms with E-state index in [4.69, 9.17) is 12.0 Å². The van der Waals surface area contributed by atoms with Gasteiger partial charge in [0.25, 0.3) is 0 Å². The minimum absolute atomic E-state index is 0. The molecule has 5 nitrogen and oxygen atoms in total. The van der Waals surface area contributed by atoms with Crippen LogP contribution < -0.4 is 108 Å². The minimum Gasteiger partial charge on any atom is -0.511 e. The second kappa shape index (κ2) is 19.0. The van der Waals surface area contributed by atoms with Gasteiger partial charge < -0.3 is 25.8 Å². The fourth-order valence-electron chi connectivity index (χ4n) is 1.77. The Morgan fingerprint density at radius 3 is 2.21 bits per heavy atom. The Balaban J connectivity index is -0.00000103. The number of aliphatic imine (C=N–C) groups is 2. The summed E-state index contributed by atoms with van der Waals surface area (Å²) in [5.41, 5.74) is 1.68. The molecule has 1 aromatic rings. The van der Waals surface area contributed by atoms with Crippen molar-refractivity contribution in [1.82, 2.24) is 5.32 Å². The molecule has 1 aromatic carbocycles. The van der Waals surface area contributed by atoms with Crippen LogP contribution in [-0.4, -0.2) is 28.4 Å². The van der Waals surface area contributed by atoms with Gasteiger partial charge in [-0.1, -0.05) is 12.6 Å². The predicted octanol–water partition coefficient (Wildman–Crippen LogP) is -1.05. The Bertz CT molecular complexity index is 725. The van der Waals surface area contributed by atoms with Crippen molar-refractivity contribution in [3.63, 3.8) is 0 Å². The number of nitrogens with one attached hydrogen (secondary N) is 2. The number of aliphatic hydroxyl groups is 1. The number of aliphatic hydroxyl groups excluding tert-OH is 1. The molecule has 0 radical (unpaired) electrons. The summed E-state index contributed by atoms with van der Waals surface area (Å²) in [6, 6.07) is 5.27. The molecule has 0 aliphatic rings. The summed E-state index contributed by atoms with van der Waals surface area (Å²) in [4.78, 5) is 7.98. The van der Waals surface area contributed by atoms with Gasteiger partial charge in [-0.25, -0.2) is 11.3 Å². The average Bonchev–Trinajstić information content (AvgIpc) is 2.59. The predicted molar refractivity (Wildman–Crippen MR) is 112 cm³/mol. The maximum absolute atomic E-state index is 12.9. The zero-order chi connectivity index (χ0) is 21.0. The molecule has 0 amide bonds. The molecule has 1 rings (SSSR count). The Hall–Kier alpha value is 0.253. The van der Waals surface area contributed by atoms with Gasteiger partial charge >= 0.3 is 103 Å². The third-order valence-corrected chi connectivity index (χ3v) is 3.04. The number of nitrogens with zero attached hydrogens (tertiary/aromatic N) is 2. The first-order valence-electron chi connectivity index (χ1n) is 8.42. The maximum Gasteiger partial charge on any atom is 1.00 e. The third-order valence-electron chi connectivity index (χ3n) is 3.04. The molecule has 148 valence electrons. The molecule has 0 fully saturated rings. The van der Waals surface area contributed by atoms with E-state index in [1.807, 2.05) is 6.92 Å². The largest absolute Gasteiger partial charge is 1.00 e. The molecule has 0 aromatic heterocycles. The van der Waals surface area contributed by atoms with Crippen molar-refractivity contribution in [2.24, 2.45) is 9.98 Å². The molecule has 8 heteroatoms. The first-order valence-corrected chi connectivity index (χ1v) is 8.42. The summed E-state index contributed by atoms with van der Waals surface area (Å²) >= 11 is 0. The average molecular weight is 450 g/mol. The SMILES string of the molecule is CC(C)=N.[CH-]=C(N=C([CH2-])C(=N[CH2-])NC(C)/C(O)=C\CC)c1ccc(F)cc1.[K+].[K+]. The van der Waals surface area contributed by atoms with Crippen LogP contribution in [0.4, 0.5) is 4.39 Å². The van der Waals surface area contributed by atoms with Crippen LogP contribution in [0, 0.1) is 31.8 Å². The van der Waals surface area contributed by atoms with Crippen molar-refractivity contribution in [1.29, 1.82) is 5.41 Å². The molecule has 29 heavy (non-hydrogen) atoms. The van der Waals surface area contributed by atoms with Gasteiger partial charge in [-0.2, -0.15) is 12.6 Å². The molecule has 3 N–H and O–H groups in total. The summed E-state index contributed by atoms with van der Waals surface area (Å²) in [6.45, 7) is 16.9. The van der Waals surface area contributed by atoms with E-state index < -0.39 is 0 Å². The number of rotatable bonds is 6. The van der Waals surface area contributed by atoms with Crippen LogP contribution in [0.15, 0.2) is 46.1 Å². The van der Waals surface area contributed by atoms with Crippen molar-refractivity contribution in [2.45, 2.75) is 40.2 Å². The zero-order valence-electron chi connectivity index (χ0n) is 18.4. The number of hydrogen-bond donors (Lipinski definition) is 3. The normalized spacial score (nSPS) is 12.4. The number of amidine groups is 1. The van der Waals surface area contributed by atoms with Crippen molar-refractivity contribution in [3.05, 3.63) is 68.0 Å².